The summed E-state index contributed by atoms with van der Waals surface area (Å²) in [6, 6.07) is 11.1. The summed E-state index contributed by atoms with van der Waals surface area (Å²) in [5, 5.41) is 2.19. The van der Waals surface area contributed by atoms with Crippen molar-refractivity contribution < 1.29 is 0 Å². The van der Waals surface area contributed by atoms with Crippen LogP contribution in [0, 0.1) is 5.92 Å². The first-order valence-electron chi connectivity index (χ1n) is 6.03. The number of rotatable bonds is 4. The lowest BCUT2D eigenvalue weighted by Crippen LogP contribution is -1.95. The summed E-state index contributed by atoms with van der Waals surface area (Å²) < 4.78 is 1.18. The molecule has 0 fully saturated rings. The van der Waals surface area contributed by atoms with E-state index >= 15 is 0 Å². The van der Waals surface area contributed by atoms with Gasteiger partial charge in [-0.1, -0.05) is 54.0 Å². The maximum absolute atomic E-state index is 3.77. The van der Waals surface area contributed by atoms with Gasteiger partial charge in [0.2, 0.25) is 0 Å². The number of thiophene rings is 1. The van der Waals surface area contributed by atoms with Crippen LogP contribution in [0.15, 0.2) is 39.5 Å². The van der Waals surface area contributed by atoms with Crippen molar-refractivity contribution in [3.63, 3.8) is 0 Å². The Hall–Kier alpha value is -0.120. The smallest absolute Gasteiger partial charge is 0.0701 e. The first-order valence-corrected chi connectivity index (χ1v) is 8.62. The fourth-order valence-electron chi connectivity index (χ4n) is 1.94. The van der Waals surface area contributed by atoms with Crippen LogP contribution in [0.4, 0.5) is 0 Å². The zero-order valence-electron chi connectivity index (χ0n) is 10.5. The molecule has 0 saturated heterocycles. The van der Waals surface area contributed by atoms with Crippen molar-refractivity contribution in [2.24, 2.45) is 5.92 Å². The molecule has 0 N–H and O–H groups in total. The minimum atomic E-state index is 0.285. The fourth-order valence-corrected chi connectivity index (χ4v) is 3.89. The van der Waals surface area contributed by atoms with Crippen molar-refractivity contribution in [1.82, 2.24) is 0 Å². The molecule has 1 aromatic carbocycles. The van der Waals surface area contributed by atoms with E-state index in [0.29, 0.717) is 5.92 Å². The summed E-state index contributed by atoms with van der Waals surface area (Å²) in [4.78, 5) is 0.285. The van der Waals surface area contributed by atoms with E-state index in [4.69, 9.17) is 0 Å². The zero-order chi connectivity index (χ0) is 13.1. The normalized spacial score (nSPS) is 12.9. The molecule has 1 unspecified atom stereocenters. The number of benzene rings is 1. The largest absolute Gasteiger partial charge is 0.136 e. The molecule has 0 bridgehead atoms. The Bertz CT molecular complexity index is 499. The Morgan fingerprint density at radius 2 is 1.78 bits per heavy atom. The van der Waals surface area contributed by atoms with E-state index in [9.17, 15) is 0 Å². The van der Waals surface area contributed by atoms with Gasteiger partial charge >= 0.3 is 0 Å². The van der Waals surface area contributed by atoms with Gasteiger partial charge in [-0.05, 0) is 56.4 Å². The second-order valence-electron chi connectivity index (χ2n) is 4.89. The van der Waals surface area contributed by atoms with E-state index in [0.717, 1.165) is 6.42 Å². The molecular formula is C15H16Br2S. The first kappa shape index (κ1) is 14.3. The molecule has 0 radical (unpaired) electrons. The van der Waals surface area contributed by atoms with Crippen LogP contribution in [-0.2, 0) is 6.42 Å². The minimum absolute atomic E-state index is 0.285. The Kier molecular flexibility index (Phi) is 5.05. The van der Waals surface area contributed by atoms with E-state index < -0.39 is 0 Å². The summed E-state index contributed by atoms with van der Waals surface area (Å²) in [6.07, 6.45) is 1.15. The second-order valence-corrected chi connectivity index (χ2v) is 8.09. The van der Waals surface area contributed by atoms with Crippen LogP contribution in [0.5, 0.6) is 0 Å². The highest BCUT2D eigenvalue weighted by Gasteiger charge is 2.12. The Morgan fingerprint density at radius 3 is 2.28 bits per heavy atom. The van der Waals surface area contributed by atoms with Crippen LogP contribution in [0.2, 0.25) is 0 Å². The van der Waals surface area contributed by atoms with Crippen molar-refractivity contribution in [2.75, 3.05) is 0 Å². The van der Waals surface area contributed by atoms with Crippen LogP contribution in [0.1, 0.15) is 35.4 Å². The van der Waals surface area contributed by atoms with Crippen LogP contribution in [0.25, 0.3) is 0 Å². The Balaban J connectivity index is 2.14. The van der Waals surface area contributed by atoms with Gasteiger partial charge in [0.15, 0.2) is 0 Å². The third-order valence-corrected chi connectivity index (χ3v) is 5.38. The topological polar surface area (TPSA) is 0 Å². The number of halogens is 2. The lowest BCUT2D eigenvalue weighted by atomic mass is 10.00. The van der Waals surface area contributed by atoms with Gasteiger partial charge in [0, 0.05) is 0 Å². The van der Waals surface area contributed by atoms with Gasteiger partial charge in [0.05, 0.1) is 8.61 Å². The standard InChI is InChI=1S/C15H16Br2S/c1-10(2)7-11-3-5-12(6-4-11)15(17)13-8-14(16)18-9-13/h3-6,8-10,15H,7H2,1-2H3. The van der Waals surface area contributed by atoms with E-state index in [1.54, 1.807) is 11.3 Å². The lowest BCUT2D eigenvalue weighted by Gasteiger charge is -2.10. The molecule has 2 aromatic rings. The number of hydrogen-bond acceptors (Lipinski definition) is 1. The van der Waals surface area contributed by atoms with E-state index in [1.807, 2.05) is 0 Å². The highest BCUT2D eigenvalue weighted by Crippen LogP contribution is 2.35. The second kappa shape index (κ2) is 6.36. The van der Waals surface area contributed by atoms with Gasteiger partial charge in [-0.2, -0.15) is 0 Å². The molecule has 1 atom stereocenters. The molecule has 3 heteroatoms. The van der Waals surface area contributed by atoms with Crippen molar-refractivity contribution in [2.45, 2.75) is 25.1 Å². The first-order chi connectivity index (χ1) is 8.56. The zero-order valence-corrected chi connectivity index (χ0v) is 14.5. The monoisotopic (exact) mass is 386 g/mol. The number of alkyl halides is 1. The van der Waals surface area contributed by atoms with Crippen LogP contribution in [0.3, 0.4) is 0 Å². The van der Waals surface area contributed by atoms with Gasteiger partial charge in [-0.15, -0.1) is 11.3 Å². The third-order valence-electron chi connectivity index (χ3n) is 2.80. The molecule has 1 heterocycles. The Morgan fingerprint density at radius 1 is 1.11 bits per heavy atom. The molecule has 0 aliphatic carbocycles. The lowest BCUT2D eigenvalue weighted by molar-refractivity contribution is 0.647. The fraction of sp³-hybridized carbons (Fsp3) is 0.333. The van der Waals surface area contributed by atoms with Crippen LogP contribution >= 0.6 is 43.2 Å². The summed E-state index contributed by atoms with van der Waals surface area (Å²) in [7, 11) is 0. The predicted octanol–water partition coefficient (Wildman–Crippen LogP) is 6.19. The highest BCUT2D eigenvalue weighted by molar-refractivity contribution is 9.11. The minimum Gasteiger partial charge on any atom is -0.136 e. The van der Waals surface area contributed by atoms with Crippen LogP contribution < -0.4 is 0 Å². The molecule has 0 nitrogen and oxygen atoms in total. The maximum Gasteiger partial charge on any atom is 0.0701 e. The van der Waals surface area contributed by atoms with E-state index in [1.165, 1.54) is 20.5 Å². The van der Waals surface area contributed by atoms with Crippen molar-refractivity contribution in [3.05, 3.63) is 56.2 Å². The van der Waals surface area contributed by atoms with Gasteiger partial charge in [0.1, 0.15) is 0 Å². The van der Waals surface area contributed by atoms with Crippen molar-refractivity contribution in [3.8, 4) is 0 Å². The molecular weight excluding hydrogens is 372 g/mol. The predicted molar refractivity (Wildman–Crippen MR) is 87.8 cm³/mol. The van der Waals surface area contributed by atoms with Gasteiger partial charge in [0.25, 0.3) is 0 Å². The summed E-state index contributed by atoms with van der Waals surface area (Å²) in [5.41, 5.74) is 4.04. The quantitative estimate of drug-likeness (QED) is 0.548. The molecule has 0 aliphatic rings. The SMILES string of the molecule is CC(C)Cc1ccc(C(Br)c2csc(Br)c2)cc1. The highest BCUT2D eigenvalue weighted by atomic mass is 79.9. The molecule has 18 heavy (non-hydrogen) atoms. The molecule has 2 rings (SSSR count). The molecule has 0 amide bonds. The van der Waals surface area contributed by atoms with Crippen molar-refractivity contribution in [1.29, 1.82) is 0 Å². The molecule has 0 aliphatic heterocycles. The van der Waals surface area contributed by atoms with Gasteiger partial charge in [-0.3, -0.25) is 0 Å². The molecule has 0 saturated carbocycles. The average molecular weight is 388 g/mol. The maximum atomic E-state index is 3.77. The van der Waals surface area contributed by atoms with Gasteiger partial charge < -0.3 is 0 Å². The summed E-state index contributed by atoms with van der Waals surface area (Å²) in [5.74, 6) is 0.712. The van der Waals surface area contributed by atoms with Gasteiger partial charge in [-0.25, -0.2) is 0 Å². The third kappa shape index (κ3) is 3.69. The summed E-state index contributed by atoms with van der Waals surface area (Å²) in [6.45, 7) is 4.51. The van der Waals surface area contributed by atoms with Crippen LogP contribution in [-0.4, -0.2) is 0 Å². The summed E-state index contributed by atoms with van der Waals surface area (Å²) >= 11 is 9.00. The number of hydrogen-bond donors (Lipinski definition) is 0. The average Bonchev–Trinajstić information content (AvgIpc) is 2.75. The van der Waals surface area contributed by atoms with E-state index in [2.05, 4.69) is 81.4 Å². The molecule has 1 aromatic heterocycles. The van der Waals surface area contributed by atoms with Crippen molar-refractivity contribution >= 4 is 43.2 Å². The molecule has 96 valence electrons. The molecule has 0 spiro atoms. The van der Waals surface area contributed by atoms with E-state index in [-0.39, 0.29) is 4.83 Å². The Labute approximate surface area is 130 Å².